The maximum absolute atomic E-state index is 13.2. The van der Waals surface area contributed by atoms with Gasteiger partial charge < -0.3 is 9.42 Å². The molecule has 2 unspecified atom stereocenters. The summed E-state index contributed by atoms with van der Waals surface area (Å²) in [6.45, 7) is 6.06. The maximum Gasteiger partial charge on any atom is 0.266 e. The third-order valence-electron chi connectivity index (χ3n) is 5.37. The molecular formula is C21H23FN4O3. The van der Waals surface area contributed by atoms with E-state index >= 15 is 0 Å². The SMILES string of the molecule is CC1CC(C)CN(C(=O)CCn2cnc3onc(-c4ccc(F)cc4)c3c2=O)C1. The predicted octanol–water partition coefficient (Wildman–Crippen LogP) is 3.09. The predicted molar refractivity (Wildman–Crippen MR) is 106 cm³/mol. The molecule has 152 valence electrons. The average Bonchev–Trinajstić information content (AvgIpc) is 3.12. The van der Waals surface area contributed by atoms with Crippen LogP contribution in [0.25, 0.3) is 22.4 Å². The molecule has 8 heteroatoms. The van der Waals surface area contributed by atoms with Crippen LogP contribution in [0.2, 0.25) is 0 Å². The fourth-order valence-corrected chi connectivity index (χ4v) is 4.09. The molecule has 2 atom stereocenters. The first-order valence-electron chi connectivity index (χ1n) is 9.81. The Morgan fingerprint density at radius 3 is 2.59 bits per heavy atom. The zero-order valence-corrected chi connectivity index (χ0v) is 16.5. The molecule has 1 fully saturated rings. The first kappa shape index (κ1) is 19.3. The molecule has 3 heterocycles. The van der Waals surface area contributed by atoms with Crippen LogP contribution in [0.3, 0.4) is 0 Å². The summed E-state index contributed by atoms with van der Waals surface area (Å²) in [7, 11) is 0. The molecule has 1 saturated heterocycles. The van der Waals surface area contributed by atoms with Crippen molar-refractivity contribution in [2.45, 2.75) is 33.2 Å². The van der Waals surface area contributed by atoms with E-state index in [4.69, 9.17) is 4.52 Å². The first-order chi connectivity index (χ1) is 13.9. The second-order valence-electron chi connectivity index (χ2n) is 7.96. The third-order valence-corrected chi connectivity index (χ3v) is 5.37. The molecule has 0 N–H and O–H groups in total. The highest BCUT2D eigenvalue weighted by Gasteiger charge is 2.25. The minimum atomic E-state index is -0.378. The minimum Gasteiger partial charge on any atom is -0.342 e. The average molecular weight is 398 g/mol. The van der Waals surface area contributed by atoms with Gasteiger partial charge in [0, 0.05) is 31.6 Å². The number of likely N-dealkylation sites (tertiary alicyclic amines) is 1. The van der Waals surface area contributed by atoms with Gasteiger partial charge in [-0.1, -0.05) is 19.0 Å². The number of carbonyl (C=O) groups is 1. The number of piperidine rings is 1. The van der Waals surface area contributed by atoms with Crippen molar-refractivity contribution in [3.8, 4) is 11.3 Å². The molecule has 0 saturated carbocycles. The van der Waals surface area contributed by atoms with Gasteiger partial charge in [-0.2, -0.15) is 0 Å². The van der Waals surface area contributed by atoms with E-state index in [9.17, 15) is 14.0 Å². The zero-order valence-electron chi connectivity index (χ0n) is 16.5. The van der Waals surface area contributed by atoms with Gasteiger partial charge in [0.1, 0.15) is 23.2 Å². The largest absolute Gasteiger partial charge is 0.342 e. The molecule has 1 aliphatic heterocycles. The number of halogens is 1. The topological polar surface area (TPSA) is 81.2 Å². The van der Waals surface area contributed by atoms with Crippen molar-refractivity contribution in [2.75, 3.05) is 13.1 Å². The number of nitrogens with zero attached hydrogens (tertiary/aromatic N) is 4. The highest BCUT2D eigenvalue weighted by Crippen LogP contribution is 2.25. The van der Waals surface area contributed by atoms with E-state index in [1.807, 2.05) is 4.90 Å². The molecule has 29 heavy (non-hydrogen) atoms. The molecule has 1 amide bonds. The lowest BCUT2D eigenvalue weighted by atomic mass is 9.92. The number of carbonyl (C=O) groups excluding carboxylic acids is 1. The summed E-state index contributed by atoms with van der Waals surface area (Å²) in [5.74, 6) is 0.633. The van der Waals surface area contributed by atoms with Crippen LogP contribution in [-0.2, 0) is 11.3 Å². The second-order valence-corrected chi connectivity index (χ2v) is 7.96. The Labute approximate surface area is 167 Å². The van der Waals surface area contributed by atoms with Gasteiger partial charge in [-0.05, 0) is 42.5 Å². The van der Waals surface area contributed by atoms with Crippen LogP contribution < -0.4 is 5.56 Å². The van der Waals surface area contributed by atoms with Crippen molar-refractivity contribution in [3.05, 3.63) is 46.8 Å². The molecule has 7 nitrogen and oxygen atoms in total. The number of rotatable bonds is 4. The first-order valence-corrected chi connectivity index (χ1v) is 9.81. The highest BCUT2D eigenvalue weighted by atomic mass is 19.1. The number of amides is 1. The Balaban J connectivity index is 1.56. The van der Waals surface area contributed by atoms with Crippen molar-refractivity contribution in [3.63, 3.8) is 0 Å². The standard InChI is InChI=1S/C21H23FN4O3/c1-13-9-14(2)11-26(10-13)17(27)7-8-25-12-23-20-18(21(25)28)19(24-29-20)15-3-5-16(22)6-4-15/h3-6,12-14H,7-11H2,1-2H3. The van der Waals surface area contributed by atoms with Gasteiger partial charge >= 0.3 is 0 Å². The van der Waals surface area contributed by atoms with Crippen LogP contribution in [0.5, 0.6) is 0 Å². The van der Waals surface area contributed by atoms with Crippen LogP contribution in [0.15, 0.2) is 39.9 Å². The quantitative estimate of drug-likeness (QED) is 0.675. The van der Waals surface area contributed by atoms with Crippen molar-refractivity contribution in [1.82, 2.24) is 19.6 Å². The van der Waals surface area contributed by atoms with E-state index in [-0.39, 0.29) is 41.3 Å². The zero-order chi connectivity index (χ0) is 20.5. The third kappa shape index (κ3) is 3.92. The number of hydrogen-bond acceptors (Lipinski definition) is 5. The molecule has 0 aliphatic carbocycles. The smallest absolute Gasteiger partial charge is 0.266 e. The van der Waals surface area contributed by atoms with E-state index < -0.39 is 0 Å². The molecule has 1 aliphatic rings. The summed E-state index contributed by atoms with van der Waals surface area (Å²) in [5, 5.41) is 4.16. The highest BCUT2D eigenvalue weighted by molar-refractivity contribution is 5.88. The molecule has 2 aromatic heterocycles. The van der Waals surface area contributed by atoms with Gasteiger partial charge in [0.15, 0.2) is 0 Å². The van der Waals surface area contributed by atoms with Crippen molar-refractivity contribution in [2.24, 2.45) is 11.8 Å². The van der Waals surface area contributed by atoms with E-state index in [0.717, 1.165) is 19.5 Å². The Hall–Kier alpha value is -3.03. The van der Waals surface area contributed by atoms with Gasteiger partial charge in [-0.25, -0.2) is 9.37 Å². The van der Waals surface area contributed by atoms with Crippen molar-refractivity contribution >= 4 is 17.0 Å². The lowest BCUT2D eigenvalue weighted by Crippen LogP contribution is -2.43. The lowest BCUT2D eigenvalue weighted by molar-refractivity contribution is -0.134. The van der Waals surface area contributed by atoms with Gasteiger partial charge in [0.05, 0.1) is 0 Å². The Kier molecular flexibility index (Phi) is 5.17. The number of hydrogen-bond donors (Lipinski definition) is 0. The minimum absolute atomic E-state index is 0.0412. The van der Waals surface area contributed by atoms with E-state index in [2.05, 4.69) is 24.0 Å². The Morgan fingerprint density at radius 1 is 1.21 bits per heavy atom. The van der Waals surface area contributed by atoms with Crippen LogP contribution >= 0.6 is 0 Å². The summed E-state index contributed by atoms with van der Waals surface area (Å²) in [6.07, 6.45) is 2.73. The van der Waals surface area contributed by atoms with E-state index in [1.165, 1.54) is 35.2 Å². The monoisotopic (exact) mass is 398 g/mol. The number of benzene rings is 1. The molecule has 0 radical (unpaired) electrons. The van der Waals surface area contributed by atoms with Crippen LogP contribution in [0, 0.1) is 17.7 Å². The molecule has 0 spiro atoms. The Morgan fingerprint density at radius 2 is 1.90 bits per heavy atom. The number of aryl methyl sites for hydroxylation is 1. The summed E-state index contributed by atoms with van der Waals surface area (Å²) in [6, 6.07) is 5.66. The van der Waals surface area contributed by atoms with Crippen molar-refractivity contribution in [1.29, 1.82) is 0 Å². The molecular weight excluding hydrogens is 375 g/mol. The fourth-order valence-electron chi connectivity index (χ4n) is 4.09. The van der Waals surface area contributed by atoms with E-state index in [1.54, 1.807) is 0 Å². The molecule has 4 rings (SSSR count). The Bertz CT molecular complexity index is 1080. The summed E-state index contributed by atoms with van der Waals surface area (Å²) >= 11 is 0. The lowest BCUT2D eigenvalue weighted by Gasteiger charge is -2.35. The van der Waals surface area contributed by atoms with E-state index in [0.29, 0.717) is 23.1 Å². The normalized spacial score (nSPS) is 19.6. The molecule has 3 aromatic rings. The van der Waals surface area contributed by atoms with Gasteiger partial charge in [0.25, 0.3) is 11.3 Å². The van der Waals surface area contributed by atoms with Crippen LogP contribution in [0.4, 0.5) is 4.39 Å². The summed E-state index contributed by atoms with van der Waals surface area (Å²) in [4.78, 5) is 31.6. The van der Waals surface area contributed by atoms with Gasteiger partial charge in [0.2, 0.25) is 5.91 Å². The fraction of sp³-hybridized carbons (Fsp3) is 0.429. The summed E-state index contributed by atoms with van der Waals surface area (Å²) < 4.78 is 19.8. The maximum atomic E-state index is 13.2. The molecule has 1 aromatic carbocycles. The van der Waals surface area contributed by atoms with Crippen LogP contribution in [-0.4, -0.2) is 38.6 Å². The number of fused-ring (bicyclic) bond motifs is 1. The van der Waals surface area contributed by atoms with Gasteiger partial charge in [-0.3, -0.25) is 14.2 Å². The van der Waals surface area contributed by atoms with Crippen LogP contribution in [0.1, 0.15) is 26.7 Å². The van der Waals surface area contributed by atoms with Crippen molar-refractivity contribution < 1.29 is 13.7 Å². The molecule has 0 bridgehead atoms. The van der Waals surface area contributed by atoms with Gasteiger partial charge in [-0.15, -0.1) is 0 Å². The second kappa shape index (κ2) is 7.77. The summed E-state index contributed by atoms with van der Waals surface area (Å²) in [5.41, 5.74) is 0.672. The number of aromatic nitrogens is 3.